The van der Waals surface area contributed by atoms with E-state index in [-0.39, 0.29) is 5.75 Å². The smallest absolute Gasteiger partial charge is 0.138 e. The van der Waals surface area contributed by atoms with E-state index in [1.165, 1.54) is 0 Å². The molecule has 0 saturated carbocycles. The van der Waals surface area contributed by atoms with Crippen molar-refractivity contribution >= 4 is 11.6 Å². The standard InChI is InChI=1S/C13H19ClN2O/c1-9-7-12(14)13(17)11(10(9)2)8-16-5-3-15-4-6-16/h7,15,17H,3-6,8H2,1-2H3. The van der Waals surface area contributed by atoms with Crippen LogP contribution in [0, 0.1) is 13.8 Å². The first-order valence-electron chi connectivity index (χ1n) is 6.00. The molecule has 1 fully saturated rings. The zero-order chi connectivity index (χ0) is 12.4. The number of phenolic OH excluding ortho intramolecular Hbond substituents is 1. The van der Waals surface area contributed by atoms with E-state index < -0.39 is 0 Å². The van der Waals surface area contributed by atoms with Crippen LogP contribution in [0.3, 0.4) is 0 Å². The van der Waals surface area contributed by atoms with Crippen molar-refractivity contribution < 1.29 is 5.11 Å². The Morgan fingerprint density at radius 1 is 1.35 bits per heavy atom. The van der Waals surface area contributed by atoms with Crippen molar-refractivity contribution in [3.8, 4) is 5.75 Å². The number of rotatable bonds is 2. The summed E-state index contributed by atoms with van der Waals surface area (Å²) >= 11 is 6.03. The number of aryl methyl sites for hydroxylation is 1. The van der Waals surface area contributed by atoms with Gasteiger partial charge in [-0.2, -0.15) is 0 Å². The molecule has 1 aromatic rings. The van der Waals surface area contributed by atoms with Crippen molar-refractivity contribution in [2.75, 3.05) is 26.2 Å². The second-order valence-electron chi connectivity index (χ2n) is 4.65. The van der Waals surface area contributed by atoms with Crippen LogP contribution in [0.25, 0.3) is 0 Å². The average molecular weight is 255 g/mol. The zero-order valence-electron chi connectivity index (χ0n) is 10.4. The third-order valence-electron chi connectivity index (χ3n) is 3.49. The maximum Gasteiger partial charge on any atom is 0.138 e. The lowest BCUT2D eigenvalue weighted by atomic mass is 10.0. The van der Waals surface area contributed by atoms with Crippen molar-refractivity contribution in [2.24, 2.45) is 0 Å². The number of hydrogen-bond donors (Lipinski definition) is 2. The Kier molecular flexibility index (Phi) is 3.92. The molecule has 0 radical (unpaired) electrons. The molecule has 0 amide bonds. The van der Waals surface area contributed by atoms with E-state index in [0.29, 0.717) is 5.02 Å². The Morgan fingerprint density at radius 3 is 2.65 bits per heavy atom. The Balaban J connectivity index is 2.24. The molecule has 94 valence electrons. The molecule has 4 heteroatoms. The van der Waals surface area contributed by atoms with Crippen molar-refractivity contribution in [1.82, 2.24) is 10.2 Å². The van der Waals surface area contributed by atoms with Gasteiger partial charge in [0.05, 0.1) is 5.02 Å². The summed E-state index contributed by atoms with van der Waals surface area (Å²) in [7, 11) is 0. The molecular formula is C13H19ClN2O. The van der Waals surface area contributed by atoms with E-state index in [1.54, 1.807) is 0 Å². The van der Waals surface area contributed by atoms with Gasteiger partial charge in [0.15, 0.2) is 0 Å². The van der Waals surface area contributed by atoms with Gasteiger partial charge in [-0.05, 0) is 31.0 Å². The van der Waals surface area contributed by atoms with E-state index in [1.807, 2.05) is 19.9 Å². The maximum atomic E-state index is 10.1. The molecule has 1 saturated heterocycles. The number of phenols is 1. The van der Waals surface area contributed by atoms with Crippen LogP contribution in [-0.4, -0.2) is 36.2 Å². The largest absolute Gasteiger partial charge is 0.506 e. The van der Waals surface area contributed by atoms with Gasteiger partial charge >= 0.3 is 0 Å². The predicted molar refractivity (Wildman–Crippen MR) is 70.7 cm³/mol. The predicted octanol–water partition coefficient (Wildman–Crippen LogP) is 2.07. The van der Waals surface area contributed by atoms with Gasteiger partial charge in [0.2, 0.25) is 0 Å². The van der Waals surface area contributed by atoms with Crippen molar-refractivity contribution in [2.45, 2.75) is 20.4 Å². The van der Waals surface area contributed by atoms with Gasteiger partial charge in [-0.1, -0.05) is 11.6 Å². The lowest BCUT2D eigenvalue weighted by Gasteiger charge is -2.28. The maximum absolute atomic E-state index is 10.1. The third kappa shape index (κ3) is 2.73. The third-order valence-corrected chi connectivity index (χ3v) is 3.78. The molecular weight excluding hydrogens is 236 g/mol. The van der Waals surface area contributed by atoms with Gasteiger partial charge in [-0.25, -0.2) is 0 Å². The quantitative estimate of drug-likeness (QED) is 0.848. The topological polar surface area (TPSA) is 35.5 Å². The monoisotopic (exact) mass is 254 g/mol. The minimum atomic E-state index is 0.244. The molecule has 0 spiro atoms. The summed E-state index contributed by atoms with van der Waals surface area (Å²) in [6, 6.07) is 1.83. The highest BCUT2D eigenvalue weighted by Gasteiger charge is 2.16. The molecule has 0 aliphatic carbocycles. The Morgan fingerprint density at radius 2 is 2.00 bits per heavy atom. The first kappa shape index (κ1) is 12.7. The Bertz CT molecular complexity index is 388. The minimum Gasteiger partial charge on any atom is -0.506 e. The highest BCUT2D eigenvalue weighted by Crippen LogP contribution is 2.33. The van der Waals surface area contributed by atoms with Gasteiger partial charge in [0.25, 0.3) is 0 Å². The Labute approximate surface area is 107 Å². The van der Waals surface area contributed by atoms with E-state index in [4.69, 9.17) is 11.6 Å². The molecule has 1 heterocycles. The lowest BCUT2D eigenvalue weighted by molar-refractivity contribution is 0.230. The number of nitrogens with zero attached hydrogens (tertiary/aromatic N) is 1. The van der Waals surface area contributed by atoms with E-state index in [0.717, 1.165) is 49.4 Å². The van der Waals surface area contributed by atoms with Crippen LogP contribution in [0.4, 0.5) is 0 Å². The molecule has 1 aliphatic rings. The molecule has 3 nitrogen and oxygen atoms in total. The molecule has 17 heavy (non-hydrogen) atoms. The van der Waals surface area contributed by atoms with Crippen molar-refractivity contribution in [1.29, 1.82) is 0 Å². The zero-order valence-corrected chi connectivity index (χ0v) is 11.1. The number of benzene rings is 1. The summed E-state index contributed by atoms with van der Waals surface area (Å²) in [6.45, 7) is 8.92. The number of nitrogens with one attached hydrogen (secondary N) is 1. The molecule has 1 aliphatic heterocycles. The first-order chi connectivity index (χ1) is 8.09. The van der Waals surface area contributed by atoms with Crippen molar-refractivity contribution in [3.63, 3.8) is 0 Å². The number of hydrogen-bond acceptors (Lipinski definition) is 3. The SMILES string of the molecule is Cc1cc(Cl)c(O)c(CN2CCNCC2)c1C. The first-order valence-corrected chi connectivity index (χ1v) is 6.38. The number of halogens is 1. The molecule has 0 unspecified atom stereocenters. The van der Waals surface area contributed by atoms with Gasteiger partial charge in [-0.3, -0.25) is 4.90 Å². The molecule has 0 atom stereocenters. The molecule has 2 rings (SSSR count). The molecule has 0 aromatic heterocycles. The second kappa shape index (κ2) is 5.25. The van der Waals surface area contributed by atoms with Crippen LogP contribution in [-0.2, 0) is 6.54 Å². The molecule has 1 aromatic carbocycles. The van der Waals surface area contributed by atoms with Gasteiger partial charge in [-0.15, -0.1) is 0 Å². The van der Waals surface area contributed by atoms with E-state index >= 15 is 0 Å². The fourth-order valence-corrected chi connectivity index (χ4v) is 2.49. The van der Waals surface area contributed by atoms with E-state index in [2.05, 4.69) is 10.2 Å². The van der Waals surface area contributed by atoms with Gasteiger partial charge in [0.1, 0.15) is 5.75 Å². The fraction of sp³-hybridized carbons (Fsp3) is 0.538. The van der Waals surface area contributed by atoms with Crippen LogP contribution < -0.4 is 5.32 Å². The highest BCUT2D eigenvalue weighted by molar-refractivity contribution is 6.32. The fourth-order valence-electron chi connectivity index (χ4n) is 2.21. The Hall–Kier alpha value is -0.770. The second-order valence-corrected chi connectivity index (χ2v) is 5.06. The summed E-state index contributed by atoms with van der Waals surface area (Å²) in [6.07, 6.45) is 0. The average Bonchev–Trinajstić information content (AvgIpc) is 2.33. The molecule has 2 N–H and O–H groups in total. The van der Waals surface area contributed by atoms with E-state index in [9.17, 15) is 5.11 Å². The highest BCUT2D eigenvalue weighted by atomic mass is 35.5. The lowest BCUT2D eigenvalue weighted by Crippen LogP contribution is -2.43. The van der Waals surface area contributed by atoms with Gasteiger partial charge in [0, 0.05) is 38.3 Å². The van der Waals surface area contributed by atoms with Crippen LogP contribution in [0.5, 0.6) is 5.75 Å². The summed E-state index contributed by atoms with van der Waals surface area (Å²) < 4.78 is 0. The molecule has 0 bridgehead atoms. The van der Waals surface area contributed by atoms with Gasteiger partial charge < -0.3 is 10.4 Å². The minimum absolute atomic E-state index is 0.244. The summed E-state index contributed by atoms with van der Waals surface area (Å²) in [5.41, 5.74) is 3.25. The summed E-state index contributed by atoms with van der Waals surface area (Å²) in [5.74, 6) is 0.244. The number of aromatic hydroxyl groups is 1. The van der Waals surface area contributed by atoms with Crippen molar-refractivity contribution in [3.05, 3.63) is 27.8 Å². The van der Waals surface area contributed by atoms with Crippen LogP contribution in [0.15, 0.2) is 6.07 Å². The summed E-state index contributed by atoms with van der Waals surface area (Å²) in [5, 5.41) is 13.8. The van der Waals surface area contributed by atoms with Crippen LogP contribution in [0.1, 0.15) is 16.7 Å². The van der Waals surface area contributed by atoms with Crippen LogP contribution >= 0.6 is 11.6 Å². The number of piperazine rings is 1. The normalized spacial score (nSPS) is 17.4. The van der Waals surface area contributed by atoms with Crippen LogP contribution in [0.2, 0.25) is 5.02 Å². The summed E-state index contributed by atoms with van der Waals surface area (Å²) in [4.78, 5) is 2.34.